The second-order valence-corrected chi connectivity index (χ2v) is 4.69. The fourth-order valence-corrected chi connectivity index (χ4v) is 2.08. The van der Waals surface area contributed by atoms with E-state index in [0.29, 0.717) is 5.92 Å². The molecule has 96 valence electrons. The molecule has 2 aromatic rings. The predicted molar refractivity (Wildman–Crippen MR) is 77.7 cm³/mol. The summed E-state index contributed by atoms with van der Waals surface area (Å²) < 4.78 is 0. The van der Waals surface area contributed by atoms with E-state index in [2.05, 4.69) is 30.4 Å². The van der Waals surface area contributed by atoms with E-state index in [9.17, 15) is 5.26 Å². The van der Waals surface area contributed by atoms with E-state index in [1.54, 1.807) is 0 Å². The van der Waals surface area contributed by atoms with E-state index >= 15 is 0 Å². The van der Waals surface area contributed by atoms with Crippen molar-refractivity contribution in [3.05, 3.63) is 71.8 Å². The Morgan fingerprint density at radius 3 is 2.00 bits per heavy atom. The topological polar surface area (TPSA) is 35.8 Å². The summed E-state index contributed by atoms with van der Waals surface area (Å²) in [6.45, 7) is 2.96. The van der Waals surface area contributed by atoms with Crippen LogP contribution in [0.3, 0.4) is 0 Å². The van der Waals surface area contributed by atoms with Crippen molar-refractivity contribution in [3.63, 3.8) is 0 Å². The van der Waals surface area contributed by atoms with Crippen molar-refractivity contribution in [2.75, 3.05) is 6.54 Å². The third kappa shape index (κ3) is 3.67. The smallest absolute Gasteiger partial charge is 0.121 e. The normalized spacial score (nSPS) is 13.5. The van der Waals surface area contributed by atoms with Gasteiger partial charge in [-0.25, -0.2) is 0 Å². The molecule has 0 aromatic heterocycles. The molecule has 0 bridgehead atoms. The van der Waals surface area contributed by atoms with Gasteiger partial charge in [-0.1, -0.05) is 67.6 Å². The van der Waals surface area contributed by atoms with Gasteiger partial charge in [0.2, 0.25) is 0 Å². The first kappa shape index (κ1) is 13.3. The van der Waals surface area contributed by atoms with Crippen LogP contribution in [-0.2, 0) is 0 Å². The monoisotopic (exact) mass is 250 g/mol. The Kier molecular flexibility index (Phi) is 4.72. The molecule has 0 heterocycles. The molecule has 0 saturated heterocycles. The minimum Gasteiger partial charge on any atom is -0.298 e. The molecule has 2 unspecified atom stereocenters. The average molecular weight is 250 g/mol. The molecule has 0 aliphatic heterocycles. The standard InChI is InChI=1S/C17H18N2/c1-14(15-8-4-2-5-9-15)13-19-17(12-18)16-10-6-3-7-11-16/h2-11,14,17,19H,13H2,1H3. The van der Waals surface area contributed by atoms with Crippen LogP contribution in [0.25, 0.3) is 0 Å². The zero-order chi connectivity index (χ0) is 13.5. The van der Waals surface area contributed by atoms with Crippen LogP contribution in [0.2, 0.25) is 0 Å². The first-order valence-electron chi connectivity index (χ1n) is 6.54. The van der Waals surface area contributed by atoms with Gasteiger partial charge >= 0.3 is 0 Å². The number of rotatable bonds is 5. The van der Waals surface area contributed by atoms with Gasteiger partial charge in [-0.3, -0.25) is 5.32 Å². The van der Waals surface area contributed by atoms with E-state index in [-0.39, 0.29) is 6.04 Å². The summed E-state index contributed by atoms with van der Waals surface area (Å²) in [5, 5.41) is 12.6. The Morgan fingerprint density at radius 2 is 1.47 bits per heavy atom. The number of nitrogens with zero attached hydrogens (tertiary/aromatic N) is 1. The molecule has 0 radical (unpaired) electrons. The van der Waals surface area contributed by atoms with Crippen LogP contribution in [0.1, 0.15) is 30.0 Å². The predicted octanol–water partition coefficient (Wildman–Crippen LogP) is 3.64. The molecular weight excluding hydrogens is 232 g/mol. The largest absolute Gasteiger partial charge is 0.298 e. The summed E-state index contributed by atoms with van der Waals surface area (Å²) in [6.07, 6.45) is 0. The molecule has 2 rings (SSSR count). The van der Waals surface area contributed by atoms with E-state index in [1.165, 1.54) is 5.56 Å². The molecule has 19 heavy (non-hydrogen) atoms. The van der Waals surface area contributed by atoms with Gasteiger partial charge in [-0.15, -0.1) is 0 Å². The van der Waals surface area contributed by atoms with Crippen molar-refractivity contribution in [2.45, 2.75) is 18.9 Å². The molecule has 1 N–H and O–H groups in total. The van der Waals surface area contributed by atoms with Crippen molar-refractivity contribution in [1.82, 2.24) is 5.32 Å². The number of hydrogen-bond donors (Lipinski definition) is 1. The lowest BCUT2D eigenvalue weighted by Crippen LogP contribution is -2.24. The van der Waals surface area contributed by atoms with E-state index < -0.39 is 0 Å². The van der Waals surface area contributed by atoms with Gasteiger partial charge in [0.15, 0.2) is 0 Å². The van der Waals surface area contributed by atoms with Crippen LogP contribution in [0, 0.1) is 11.3 Å². The Balaban J connectivity index is 1.96. The maximum Gasteiger partial charge on any atom is 0.121 e. The van der Waals surface area contributed by atoms with E-state index in [0.717, 1.165) is 12.1 Å². The second kappa shape index (κ2) is 6.72. The number of hydrogen-bond acceptors (Lipinski definition) is 2. The van der Waals surface area contributed by atoms with Crippen LogP contribution >= 0.6 is 0 Å². The third-order valence-corrected chi connectivity index (χ3v) is 3.26. The minimum absolute atomic E-state index is 0.243. The number of benzene rings is 2. The molecule has 0 aliphatic carbocycles. The summed E-state index contributed by atoms with van der Waals surface area (Å²) >= 11 is 0. The van der Waals surface area contributed by atoms with Crippen molar-refractivity contribution in [3.8, 4) is 6.07 Å². The maximum atomic E-state index is 9.25. The maximum absolute atomic E-state index is 9.25. The fourth-order valence-electron chi connectivity index (χ4n) is 2.08. The van der Waals surface area contributed by atoms with Crippen LogP contribution in [-0.4, -0.2) is 6.54 Å². The van der Waals surface area contributed by atoms with Gasteiger partial charge in [-0.05, 0) is 17.0 Å². The average Bonchev–Trinajstić information content (AvgIpc) is 2.49. The summed E-state index contributed by atoms with van der Waals surface area (Å²) in [5.74, 6) is 0.390. The molecule has 2 nitrogen and oxygen atoms in total. The van der Waals surface area contributed by atoms with E-state index in [1.807, 2.05) is 48.5 Å². The SMILES string of the molecule is CC(CNC(C#N)c1ccccc1)c1ccccc1. The number of nitrogens with one attached hydrogen (secondary N) is 1. The summed E-state index contributed by atoms with van der Waals surface area (Å²) in [4.78, 5) is 0. The van der Waals surface area contributed by atoms with Gasteiger partial charge < -0.3 is 0 Å². The van der Waals surface area contributed by atoms with Crippen LogP contribution in [0.4, 0.5) is 0 Å². The molecule has 2 aromatic carbocycles. The highest BCUT2D eigenvalue weighted by atomic mass is 14.9. The van der Waals surface area contributed by atoms with Crippen molar-refractivity contribution >= 4 is 0 Å². The van der Waals surface area contributed by atoms with Gasteiger partial charge in [0.25, 0.3) is 0 Å². The molecule has 2 atom stereocenters. The molecule has 0 saturated carbocycles. The molecular formula is C17H18N2. The molecule has 0 aliphatic rings. The van der Waals surface area contributed by atoms with E-state index in [4.69, 9.17) is 0 Å². The summed E-state index contributed by atoms with van der Waals surface area (Å²) in [5.41, 5.74) is 2.31. The van der Waals surface area contributed by atoms with Crippen molar-refractivity contribution in [1.29, 1.82) is 5.26 Å². The molecule has 0 amide bonds. The zero-order valence-electron chi connectivity index (χ0n) is 11.1. The fraction of sp³-hybridized carbons (Fsp3) is 0.235. The highest BCUT2D eigenvalue weighted by Gasteiger charge is 2.11. The van der Waals surface area contributed by atoms with Crippen LogP contribution in [0.5, 0.6) is 0 Å². The Morgan fingerprint density at radius 1 is 0.947 bits per heavy atom. The number of nitriles is 1. The van der Waals surface area contributed by atoms with Gasteiger partial charge in [0.1, 0.15) is 6.04 Å². The van der Waals surface area contributed by atoms with Gasteiger partial charge in [0, 0.05) is 6.54 Å². The molecule has 0 fully saturated rings. The summed E-state index contributed by atoms with van der Waals surface area (Å²) in [6, 6.07) is 22.3. The Labute approximate surface area is 114 Å². The molecule has 2 heteroatoms. The lowest BCUT2D eigenvalue weighted by Gasteiger charge is -2.16. The van der Waals surface area contributed by atoms with Crippen molar-refractivity contribution < 1.29 is 0 Å². The molecule has 0 spiro atoms. The third-order valence-electron chi connectivity index (χ3n) is 3.26. The zero-order valence-corrected chi connectivity index (χ0v) is 11.1. The summed E-state index contributed by atoms with van der Waals surface area (Å²) in [7, 11) is 0. The van der Waals surface area contributed by atoms with Gasteiger partial charge in [0.05, 0.1) is 6.07 Å². The lowest BCUT2D eigenvalue weighted by molar-refractivity contribution is 0.576. The lowest BCUT2D eigenvalue weighted by atomic mass is 10.0. The van der Waals surface area contributed by atoms with Crippen LogP contribution < -0.4 is 5.32 Å². The minimum atomic E-state index is -0.243. The van der Waals surface area contributed by atoms with Crippen LogP contribution in [0.15, 0.2) is 60.7 Å². The second-order valence-electron chi connectivity index (χ2n) is 4.69. The Bertz CT molecular complexity index is 528. The first-order valence-corrected chi connectivity index (χ1v) is 6.54. The van der Waals surface area contributed by atoms with Gasteiger partial charge in [-0.2, -0.15) is 5.26 Å². The first-order chi connectivity index (χ1) is 9.31. The highest BCUT2D eigenvalue weighted by molar-refractivity contribution is 5.24. The highest BCUT2D eigenvalue weighted by Crippen LogP contribution is 2.16. The Hall–Kier alpha value is -2.11. The quantitative estimate of drug-likeness (QED) is 0.879. The van der Waals surface area contributed by atoms with Crippen molar-refractivity contribution in [2.24, 2.45) is 0 Å².